The SMILES string of the molecule is COC(=O)Cn1c(SCC(=O)N(C)Cc2cccc(Cl)c2)nc2ccccc2c1=O. The van der Waals surface area contributed by atoms with Crippen LogP contribution in [0, 0.1) is 0 Å². The number of aromatic nitrogens is 2. The average Bonchev–Trinajstić information content (AvgIpc) is 2.74. The molecular formula is C21H20ClN3O4S. The van der Waals surface area contributed by atoms with Gasteiger partial charge in [-0.05, 0) is 29.8 Å². The number of halogens is 1. The first-order chi connectivity index (χ1) is 14.4. The predicted molar refractivity (Wildman–Crippen MR) is 117 cm³/mol. The number of amides is 1. The number of para-hydroxylation sites is 1. The van der Waals surface area contributed by atoms with Crippen LogP contribution < -0.4 is 5.56 Å². The topological polar surface area (TPSA) is 81.5 Å². The molecule has 0 aliphatic rings. The maximum Gasteiger partial charge on any atom is 0.325 e. The molecule has 9 heteroatoms. The molecule has 3 rings (SSSR count). The van der Waals surface area contributed by atoms with E-state index in [1.807, 2.05) is 12.1 Å². The molecule has 1 amide bonds. The highest BCUT2D eigenvalue weighted by molar-refractivity contribution is 7.99. The molecule has 30 heavy (non-hydrogen) atoms. The quantitative estimate of drug-likeness (QED) is 0.316. The van der Waals surface area contributed by atoms with Crippen LogP contribution in [0.25, 0.3) is 10.9 Å². The van der Waals surface area contributed by atoms with Gasteiger partial charge < -0.3 is 9.64 Å². The van der Waals surface area contributed by atoms with E-state index in [0.29, 0.717) is 22.5 Å². The third-order valence-electron chi connectivity index (χ3n) is 4.40. The summed E-state index contributed by atoms with van der Waals surface area (Å²) in [5, 5.41) is 1.29. The largest absolute Gasteiger partial charge is 0.468 e. The van der Waals surface area contributed by atoms with Crippen LogP contribution in [0.15, 0.2) is 58.5 Å². The van der Waals surface area contributed by atoms with Crippen LogP contribution in [0.5, 0.6) is 0 Å². The Morgan fingerprint density at radius 2 is 1.97 bits per heavy atom. The molecule has 0 N–H and O–H groups in total. The van der Waals surface area contributed by atoms with Gasteiger partial charge >= 0.3 is 5.97 Å². The lowest BCUT2D eigenvalue weighted by Crippen LogP contribution is -2.30. The van der Waals surface area contributed by atoms with Crippen molar-refractivity contribution < 1.29 is 14.3 Å². The number of nitrogens with zero attached hydrogens (tertiary/aromatic N) is 3. The second kappa shape index (κ2) is 9.77. The van der Waals surface area contributed by atoms with Crippen molar-refractivity contribution in [3.8, 4) is 0 Å². The number of carbonyl (C=O) groups is 2. The summed E-state index contributed by atoms with van der Waals surface area (Å²) in [6, 6.07) is 14.2. The third kappa shape index (κ3) is 5.20. The smallest absolute Gasteiger partial charge is 0.325 e. The Morgan fingerprint density at radius 1 is 1.20 bits per heavy atom. The van der Waals surface area contributed by atoms with Gasteiger partial charge in [-0.3, -0.25) is 19.0 Å². The van der Waals surface area contributed by atoms with Crippen molar-refractivity contribution in [1.82, 2.24) is 14.5 Å². The molecular weight excluding hydrogens is 426 g/mol. The summed E-state index contributed by atoms with van der Waals surface area (Å²) in [5.41, 5.74) is 1.06. The summed E-state index contributed by atoms with van der Waals surface area (Å²) in [5.74, 6) is -0.657. The van der Waals surface area contributed by atoms with Crippen LogP contribution in [0.2, 0.25) is 5.02 Å². The molecule has 1 aromatic heterocycles. The summed E-state index contributed by atoms with van der Waals surface area (Å²) in [7, 11) is 2.95. The normalized spacial score (nSPS) is 10.8. The Morgan fingerprint density at radius 3 is 2.70 bits per heavy atom. The first kappa shape index (κ1) is 21.9. The number of hydrogen-bond donors (Lipinski definition) is 0. The zero-order chi connectivity index (χ0) is 21.7. The van der Waals surface area contributed by atoms with Crippen LogP contribution in [0.1, 0.15) is 5.56 Å². The minimum Gasteiger partial charge on any atom is -0.468 e. The summed E-state index contributed by atoms with van der Waals surface area (Å²) in [6.45, 7) is 0.127. The molecule has 0 saturated heterocycles. The fraction of sp³-hybridized carbons (Fsp3) is 0.238. The molecule has 3 aromatic rings. The molecule has 0 unspecified atom stereocenters. The fourth-order valence-electron chi connectivity index (χ4n) is 2.82. The summed E-state index contributed by atoms with van der Waals surface area (Å²) >= 11 is 7.10. The Balaban J connectivity index is 1.80. The fourth-order valence-corrected chi connectivity index (χ4v) is 3.98. The van der Waals surface area contributed by atoms with Gasteiger partial charge in [0.25, 0.3) is 5.56 Å². The molecule has 0 atom stereocenters. The molecule has 0 bridgehead atoms. The Bertz CT molecular complexity index is 1150. The Kier molecular flexibility index (Phi) is 7.12. The van der Waals surface area contributed by atoms with Gasteiger partial charge in [-0.25, -0.2) is 4.98 Å². The molecule has 7 nitrogen and oxygen atoms in total. The van der Waals surface area contributed by atoms with E-state index < -0.39 is 5.97 Å². The number of ether oxygens (including phenoxy) is 1. The lowest BCUT2D eigenvalue weighted by molar-refractivity contribution is -0.141. The molecule has 0 spiro atoms. The predicted octanol–water partition coefficient (Wildman–Crippen LogP) is 2.97. The molecule has 2 aromatic carbocycles. The minimum absolute atomic E-state index is 0.0586. The molecule has 1 heterocycles. The molecule has 0 aliphatic heterocycles. The second-order valence-electron chi connectivity index (χ2n) is 6.55. The van der Waals surface area contributed by atoms with Crippen molar-refractivity contribution in [2.75, 3.05) is 19.9 Å². The molecule has 156 valence electrons. The van der Waals surface area contributed by atoms with Crippen molar-refractivity contribution in [1.29, 1.82) is 0 Å². The van der Waals surface area contributed by atoms with Gasteiger partial charge in [0.05, 0.1) is 23.8 Å². The lowest BCUT2D eigenvalue weighted by Gasteiger charge is -2.18. The Hall–Kier alpha value is -2.84. The van der Waals surface area contributed by atoms with Crippen molar-refractivity contribution in [2.45, 2.75) is 18.2 Å². The highest BCUT2D eigenvalue weighted by Crippen LogP contribution is 2.19. The third-order valence-corrected chi connectivity index (χ3v) is 5.60. The van der Waals surface area contributed by atoms with Crippen molar-refractivity contribution in [3.63, 3.8) is 0 Å². The maximum absolute atomic E-state index is 12.8. The van der Waals surface area contributed by atoms with Gasteiger partial charge in [-0.15, -0.1) is 0 Å². The van der Waals surface area contributed by atoms with Gasteiger partial charge in [0.15, 0.2) is 5.16 Å². The number of esters is 1. The standard InChI is InChI=1S/C21H20ClN3O4S/c1-24(11-14-6-5-7-15(22)10-14)18(26)13-30-21-23-17-9-4-3-8-16(17)20(28)25(21)12-19(27)29-2/h3-10H,11-13H2,1-2H3. The van der Waals surface area contributed by atoms with Gasteiger partial charge in [0.1, 0.15) is 6.54 Å². The van der Waals surface area contributed by atoms with Crippen molar-refractivity contribution >= 4 is 46.1 Å². The van der Waals surface area contributed by atoms with E-state index >= 15 is 0 Å². The highest BCUT2D eigenvalue weighted by Gasteiger charge is 2.17. The van der Waals surface area contributed by atoms with Gasteiger partial charge in [0.2, 0.25) is 5.91 Å². The second-order valence-corrected chi connectivity index (χ2v) is 7.93. The van der Waals surface area contributed by atoms with Crippen LogP contribution >= 0.6 is 23.4 Å². The van der Waals surface area contributed by atoms with Gasteiger partial charge in [-0.1, -0.05) is 47.6 Å². The number of methoxy groups -OCH3 is 1. The number of rotatable bonds is 7. The van der Waals surface area contributed by atoms with Crippen LogP contribution in [-0.2, 0) is 27.4 Å². The molecule has 0 fully saturated rings. The lowest BCUT2D eigenvalue weighted by atomic mass is 10.2. The van der Waals surface area contributed by atoms with Crippen molar-refractivity contribution in [2.24, 2.45) is 0 Å². The number of carbonyl (C=O) groups excluding carboxylic acids is 2. The number of fused-ring (bicyclic) bond motifs is 1. The van der Waals surface area contributed by atoms with Crippen LogP contribution in [0.3, 0.4) is 0 Å². The number of thioether (sulfide) groups is 1. The average molecular weight is 446 g/mol. The summed E-state index contributed by atoms with van der Waals surface area (Å²) < 4.78 is 5.93. The Labute approximate surface area is 182 Å². The number of benzene rings is 2. The van der Waals surface area contributed by atoms with E-state index in [1.54, 1.807) is 48.3 Å². The minimum atomic E-state index is -0.569. The van der Waals surface area contributed by atoms with Crippen molar-refractivity contribution in [3.05, 3.63) is 69.5 Å². The van der Waals surface area contributed by atoms with E-state index in [0.717, 1.165) is 17.3 Å². The molecule has 0 radical (unpaired) electrons. The first-order valence-electron chi connectivity index (χ1n) is 9.06. The molecule has 0 saturated carbocycles. The van der Waals surface area contributed by atoms with Gasteiger partial charge in [-0.2, -0.15) is 0 Å². The zero-order valence-corrected chi connectivity index (χ0v) is 18.1. The van der Waals surface area contributed by atoms with Crippen LogP contribution in [0.4, 0.5) is 0 Å². The zero-order valence-electron chi connectivity index (χ0n) is 16.5. The monoisotopic (exact) mass is 445 g/mol. The van der Waals surface area contributed by atoms with E-state index in [-0.39, 0.29) is 28.9 Å². The number of hydrogen-bond acceptors (Lipinski definition) is 6. The summed E-state index contributed by atoms with van der Waals surface area (Å²) in [6.07, 6.45) is 0. The van der Waals surface area contributed by atoms with Crippen LogP contribution in [-0.4, -0.2) is 46.2 Å². The first-order valence-corrected chi connectivity index (χ1v) is 10.4. The highest BCUT2D eigenvalue weighted by atomic mass is 35.5. The van der Waals surface area contributed by atoms with E-state index in [9.17, 15) is 14.4 Å². The van der Waals surface area contributed by atoms with Gasteiger partial charge in [0, 0.05) is 18.6 Å². The van der Waals surface area contributed by atoms with E-state index in [4.69, 9.17) is 16.3 Å². The van der Waals surface area contributed by atoms with E-state index in [1.165, 1.54) is 11.7 Å². The molecule has 0 aliphatic carbocycles. The summed E-state index contributed by atoms with van der Waals surface area (Å²) in [4.78, 5) is 43.3. The maximum atomic E-state index is 12.8. The van der Waals surface area contributed by atoms with E-state index in [2.05, 4.69) is 4.98 Å².